The standard InChI is InChI=1S/C17H21N3O3/c18-7-3-5-12(17(21)22)8-14-16-10-23-9-13-4-1-2-6-15(13)20(16)11-19-14/h1-2,4,6,11-12H,3,5,7-10,18H2,(H,21,22). The van der Waals surface area contributed by atoms with Gasteiger partial charge in [-0.3, -0.25) is 4.79 Å². The third kappa shape index (κ3) is 3.28. The van der Waals surface area contributed by atoms with E-state index in [1.165, 1.54) is 0 Å². The van der Waals surface area contributed by atoms with Crippen LogP contribution in [0.3, 0.4) is 0 Å². The molecule has 0 radical (unpaired) electrons. The molecule has 1 unspecified atom stereocenters. The molecule has 1 aliphatic rings. The van der Waals surface area contributed by atoms with Crippen molar-refractivity contribution in [2.75, 3.05) is 6.54 Å². The highest BCUT2D eigenvalue weighted by atomic mass is 16.5. The fourth-order valence-corrected chi connectivity index (χ4v) is 2.98. The number of aromatic nitrogens is 2. The lowest BCUT2D eigenvalue weighted by Crippen LogP contribution is -2.19. The average Bonchev–Trinajstić information content (AvgIpc) is 2.84. The number of rotatable bonds is 6. The van der Waals surface area contributed by atoms with Gasteiger partial charge in [-0.15, -0.1) is 0 Å². The van der Waals surface area contributed by atoms with E-state index in [9.17, 15) is 9.90 Å². The maximum atomic E-state index is 11.5. The first-order valence-electron chi connectivity index (χ1n) is 7.84. The Morgan fingerprint density at radius 3 is 3.00 bits per heavy atom. The van der Waals surface area contributed by atoms with E-state index in [0.29, 0.717) is 39.0 Å². The molecule has 0 bridgehead atoms. The summed E-state index contributed by atoms with van der Waals surface area (Å²) in [6, 6.07) is 8.03. The van der Waals surface area contributed by atoms with Gasteiger partial charge in [-0.2, -0.15) is 0 Å². The van der Waals surface area contributed by atoms with E-state index in [2.05, 4.69) is 4.98 Å². The number of nitrogens with zero attached hydrogens (tertiary/aromatic N) is 2. The predicted octanol–water partition coefficient (Wildman–Crippen LogP) is 1.88. The highest BCUT2D eigenvalue weighted by Gasteiger charge is 2.24. The second kappa shape index (κ2) is 6.93. The summed E-state index contributed by atoms with van der Waals surface area (Å²) < 4.78 is 7.75. The van der Waals surface area contributed by atoms with Crippen LogP contribution in [0.1, 0.15) is 29.8 Å². The molecule has 0 saturated heterocycles. The minimum absolute atomic E-state index is 0.406. The van der Waals surface area contributed by atoms with Crippen LogP contribution in [-0.4, -0.2) is 27.2 Å². The Bertz CT molecular complexity index is 696. The van der Waals surface area contributed by atoms with Crippen molar-refractivity contribution in [2.24, 2.45) is 11.7 Å². The molecule has 3 rings (SSSR count). The van der Waals surface area contributed by atoms with E-state index in [1.54, 1.807) is 6.33 Å². The van der Waals surface area contributed by atoms with Crippen LogP contribution in [0.4, 0.5) is 0 Å². The van der Waals surface area contributed by atoms with Crippen LogP contribution in [0.5, 0.6) is 0 Å². The molecule has 1 aromatic carbocycles. The van der Waals surface area contributed by atoms with E-state index in [4.69, 9.17) is 10.5 Å². The summed E-state index contributed by atoms with van der Waals surface area (Å²) in [5, 5.41) is 9.41. The number of para-hydroxylation sites is 1. The van der Waals surface area contributed by atoms with Gasteiger partial charge < -0.3 is 20.1 Å². The quantitative estimate of drug-likeness (QED) is 0.849. The molecule has 1 atom stereocenters. The maximum Gasteiger partial charge on any atom is 0.306 e. The summed E-state index contributed by atoms with van der Waals surface area (Å²) in [6.45, 7) is 1.49. The summed E-state index contributed by atoms with van der Waals surface area (Å²) in [6.07, 6.45) is 3.44. The molecule has 6 heteroatoms. The molecule has 3 N–H and O–H groups in total. The van der Waals surface area contributed by atoms with Crippen molar-refractivity contribution in [3.8, 4) is 5.69 Å². The first-order chi connectivity index (χ1) is 11.2. The summed E-state index contributed by atoms with van der Waals surface area (Å²) in [4.78, 5) is 15.9. The Morgan fingerprint density at radius 2 is 2.22 bits per heavy atom. The monoisotopic (exact) mass is 315 g/mol. The zero-order valence-electron chi connectivity index (χ0n) is 12.9. The van der Waals surface area contributed by atoms with Crippen LogP contribution in [-0.2, 0) is 29.2 Å². The molecule has 0 spiro atoms. The Balaban J connectivity index is 1.89. The molecule has 0 saturated carbocycles. The van der Waals surface area contributed by atoms with E-state index in [0.717, 1.165) is 22.6 Å². The van der Waals surface area contributed by atoms with Crippen molar-refractivity contribution in [1.29, 1.82) is 0 Å². The number of carboxylic acid groups (broad SMARTS) is 1. The van der Waals surface area contributed by atoms with Gasteiger partial charge in [0.1, 0.15) is 0 Å². The molecular formula is C17H21N3O3. The van der Waals surface area contributed by atoms with Crippen molar-refractivity contribution < 1.29 is 14.6 Å². The van der Waals surface area contributed by atoms with Crippen LogP contribution in [0.2, 0.25) is 0 Å². The summed E-state index contributed by atoms with van der Waals surface area (Å²) in [5.74, 6) is -1.26. The molecule has 23 heavy (non-hydrogen) atoms. The Kier molecular flexibility index (Phi) is 4.73. The number of fused-ring (bicyclic) bond motifs is 3. The minimum Gasteiger partial charge on any atom is -0.481 e. The zero-order valence-corrected chi connectivity index (χ0v) is 12.9. The van der Waals surface area contributed by atoms with Crippen molar-refractivity contribution in [3.05, 3.63) is 47.5 Å². The first kappa shape index (κ1) is 15.7. The van der Waals surface area contributed by atoms with Gasteiger partial charge in [0, 0.05) is 12.0 Å². The van der Waals surface area contributed by atoms with Crippen molar-refractivity contribution in [3.63, 3.8) is 0 Å². The molecule has 2 heterocycles. The second-order valence-corrected chi connectivity index (χ2v) is 5.80. The number of carbonyl (C=O) groups is 1. The summed E-state index contributed by atoms with van der Waals surface area (Å²) >= 11 is 0. The number of hydrogen-bond donors (Lipinski definition) is 2. The van der Waals surface area contributed by atoms with Crippen LogP contribution in [0.25, 0.3) is 5.69 Å². The number of carboxylic acids is 1. The lowest BCUT2D eigenvalue weighted by Gasteiger charge is -2.12. The second-order valence-electron chi connectivity index (χ2n) is 5.80. The highest BCUT2D eigenvalue weighted by Crippen LogP contribution is 2.26. The molecular weight excluding hydrogens is 294 g/mol. The van der Waals surface area contributed by atoms with E-state index < -0.39 is 11.9 Å². The van der Waals surface area contributed by atoms with Crippen LogP contribution in [0.15, 0.2) is 30.6 Å². The molecule has 0 fully saturated rings. The maximum absolute atomic E-state index is 11.5. The van der Waals surface area contributed by atoms with Crippen molar-refractivity contribution in [1.82, 2.24) is 9.55 Å². The molecule has 1 aliphatic heterocycles. The molecule has 6 nitrogen and oxygen atoms in total. The Morgan fingerprint density at radius 1 is 1.39 bits per heavy atom. The fourth-order valence-electron chi connectivity index (χ4n) is 2.98. The van der Waals surface area contributed by atoms with Gasteiger partial charge in [-0.1, -0.05) is 18.2 Å². The summed E-state index contributed by atoms with van der Waals surface area (Å²) in [5.41, 5.74) is 9.39. The summed E-state index contributed by atoms with van der Waals surface area (Å²) in [7, 11) is 0. The predicted molar refractivity (Wildman–Crippen MR) is 85.2 cm³/mol. The highest BCUT2D eigenvalue weighted by molar-refractivity contribution is 5.70. The molecule has 1 aromatic heterocycles. The molecule has 0 amide bonds. The van der Waals surface area contributed by atoms with E-state index >= 15 is 0 Å². The molecule has 2 aromatic rings. The lowest BCUT2D eigenvalue weighted by molar-refractivity contribution is -0.142. The fraction of sp³-hybridized carbons (Fsp3) is 0.412. The van der Waals surface area contributed by atoms with Gasteiger partial charge >= 0.3 is 5.97 Å². The lowest BCUT2D eigenvalue weighted by atomic mass is 9.97. The normalized spacial score (nSPS) is 14.7. The van der Waals surface area contributed by atoms with Gasteiger partial charge in [0.2, 0.25) is 0 Å². The largest absolute Gasteiger partial charge is 0.481 e. The average molecular weight is 315 g/mol. The van der Waals surface area contributed by atoms with E-state index in [1.807, 2.05) is 28.8 Å². The molecule has 0 aliphatic carbocycles. The van der Waals surface area contributed by atoms with Gasteiger partial charge in [0.15, 0.2) is 0 Å². The number of ether oxygens (including phenoxy) is 1. The van der Waals surface area contributed by atoms with E-state index in [-0.39, 0.29) is 0 Å². The SMILES string of the molecule is NCCCC(Cc1ncn2c1COCc1ccccc1-2)C(=O)O. The number of aliphatic carboxylic acids is 1. The number of nitrogens with two attached hydrogens (primary N) is 1. The van der Waals surface area contributed by atoms with Crippen molar-refractivity contribution in [2.45, 2.75) is 32.5 Å². The number of benzene rings is 1. The number of imidazole rings is 1. The van der Waals surface area contributed by atoms with Gasteiger partial charge in [0.05, 0.1) is 42.5 Å². The van der Waals surface area contributed by atoms with Gasteiger partial charge in [-0.05, 0) is 25.5 Å². The number of hydrogen-bond acceptors (Lipinski definition) is 4. The van der Waals surface area contributed by atoms with Gasteiger partial charge in [0.25, 0.3) is 0 Å². The molecule has 122 valence electrons. The zero-order chi connectivity index (χ0) is 16.2. The van der Waals surface area contributed by atoms with Crippen molar-refractivity contribution >= 4 is 5.97 Å². The first-order valence-corrected chi connectivity index (χ1v) is 7.84. The van der Waals surface area contributed by atoms with Gasteiger partial charge in [-0.25, -0.2) is 4.98 Å². The topological polar surface area (TPSA) is 90.4 Å². The Labute approximate surface area is 134 Å². The van der Waals surface area contributed by atoms with Crippen LogP contribution >= 0.6 is 0 Å². The minimum atomic E-state index is -0.796. The van der Waals surface area contributed by atoms with Crippen LogP contribution in [0, 0.1) is 5.92 Å². The third-order valence-electron chi connectivity index (χ3n) is 4.25. The smallest absolute Gasteiger partial charge is 0.306 e. The third-order valence-corrected chi connectivity index (χ3v) is 4.25. The van der Waals surface area contributed by atoms with Crippen LogP contribution < -0.4 is 5.73 Å². The Hall–Kier alpha value is -2.18.